The lowest BCUT2D eigenvalue weighted by atomic mass is 9.78. The van der Waals surface area contributed by atoms with Crippen LogP contribution in [0.5, 0.6) is 0 Å². The number of nitrogens with one attached hydrogen (secondary N) is 1. The highest BCUT2D eigenvalue weighted by molar-refractivity contribution is 7.17. The van der Waals surface area contributed by atoms with Crippen LogP contribution >= 0.6 is 11.3 Å². The van der Waals surface area contributed by atoms with E-state index in [-0.39, 0.29) is 17.9 Å². The molecule has 1 heterocycles. The molecule has 1 aliphatic carbocycles. The van der Waals surface area contributed by atoms with E-state index in [9.17, 15) is 19.5 Å². The standard InChI is InChI=1S/C26H33NO5S/c1-6-32-25(31)21-20(16-11-13-17(14-12-16)26(3,4)5)15(2)33-23(21)27-22(28)18-9-7-8-10-19(18)24(29)30/h11-14,18-19H,6-10H2,1-5H3,(H,27,28)(H,29,30)/t18-,19-/m1/s1. The van der Waals surface area contributed by atoms with Gasteiger partial charge in [0.2, 0.25) is 5.91 Å². The van der Waals surface area contributed by atoms with Gasteiger partial charge in [-0.05, 0) is 43.2 Å². The Morgan fingerprint density at radius 1 is 1.09 bits per heavy atom. The second-order valence-electron chi connectivity index (χ2n) is 9.61. The second-order valence-corrected chi connectivity index (χ2v) is 10.8. The molecule has 1 aromatic carbocycles. The number of benzene rings is 1. The zero-order valence-electron chi connectivity index (χ0n) is 20.0. The van der Waals surface area contributed by atoms with E-state index < -0.39 is 23.8 Å². The molecule has 1 aliphatic rings. The molecule has 0 aliphatic heterocycles. The summed E-state index contributed by atoms with van der Waals surface area (Å²) in [6.45, 7) is 10.3. The van der Waals surface area contributed by atoms with Crippen LogP contribution < -0.4 is 5.32 Å². The van der Waals surface area contributed by atoms with E-state index in [2.05, 4.69) is 38.2 Å². The largest absolute Gasteiger partial charge is 0.481 e. The number of aryl methyl sites for hydroxylation is 1. The topological polar surface area (TPSA) is 92.7 Å². The van der Waals surface area contributed by atoms with Gasteiger partial charge >= 0.3 is 11.9 Å². The summed E-state index contributed by atoms with van der Waals surface area (Å²) in [5.41, 5.74) is 3.14. The summed E-state index contributed by atoms with van der Waals surface area (Å²) in [5, 5.41) is 12.9. The summed E-state index contributed by atoms with van der Waals surface area (Å²) in [5.74, 6) is -3.09. The van der Waals surface area contributed by atoms with Crippen LogP contribution in [0.1, 0.15) is 74.2 Å². The Labute approximate surface area is 199 Å². The lowest BCUT2D eigenvalue weighted by molar-refractivity contribution is -0.147. The number of ether oxygens (including phenoxy) is 1. The summed E-state index contributed by atoms with van der Waals surface area (Å²) in [6.07, 6.45) is 2.65. The summed E-state index contributed by atoms with van der Waals surface area (Å²) < 4.78 is 5.33. The lowest BCUT2D eigenvalue weighted by Gasteiger charge is -2.27. The molecule has 2 aromatic rings. The molecule has 1 fully saturated rings. The molecule has 1 aromatic heterocycles. The average molecular weight is 472 g/mol. The lowest BCUT2D eigenvalue weighted by Crippen LogP contribution is -2.36. The molecule has 6 nitrogen and oxygen atoms in total. The predicted molar refractivity (Wildman–Crippen MR) is 131 cm³/mol. The van der Waals surface area contributed by atoms with Gasteiger partial charge in [0.05, 0.1) is 18.4 Å². The van der Waals surface area contributed by atoms with Crippen molar-refractivity contribution in [3.8, 4) is 11.1 Å². The maximum absolute atomic E-state index is 13.1. The number of thiophene rings is 1. The molecule has 0 radical (unpaired) electrons. The molecule has 0 unspecified atom stereocenters. The number of rotatable bonds is 6. The van der Waals surface area contributed by atoms with Crippen molar-refractivity contribution in [3.63, 3.8) is 0 Å². The van der Waals surface area contributed by atoms with Crippen LogP contribution in [0, 0.1) is 18.8 Å². The second kappa shape index (κ2) is 10.1. The normalized spacial score (nSPS) is 18.6. The van der Waals surface area contributed by atoms with Gasteiger partial charge in [-0.2, -0.15) is 0 Å². The van der Waals surface area contributed by atoms with Crippen molar-refractivity contribution in [3.05, 3.63) is 40.3 Å². The van der Waals surface area contributed by atoms with Gasteiger partial charge in [-0.3, -0.25) is 9.59 Å². The van der Waals surface area contributed by atoms with Gasteiger partial charge in [-0.15, -0.1) is 11.3 Å². The predicted octanol–water partition coefficient (Wildman–Crippen LogP) is 6.03. The number of anilines is 1. The Morgan fingerprint density at radius 3 is 2.24 bits per heavy atom. The molecule has 178 valence electrons. The first kappa shape index (κ1) is 25.0. The molecule has 0 spiro atoms. The van der Waals surface area contributed by atoms with Gasteiger partial charge in [-0.25, -0.2) is 4.79 Å². The summed E-state index contributed by atoms with van der Waals surface area (Å²) >= 11 is 1.32. The number of carboxylic acids is 1. The molecule has 3 rings (SSSR count). The molecule has 1 saturated carbocycles. The highest BCUT2D eigenvalue weighted by Crippen LogP contribution is 2.42. The van der Waals surface area contributed by atoms with Crippen molar-refractivity contribution in [2.24, 2.45) is 11.8 Å². The minimum Gasteiger partial charge on any atom is -0.481 e. The highest BCUT2D eigenvalue weighted by atomic mass is 32.1. The number of carboxylic acid groups (broad SMARTS) is 1. The van der Waals surface area contributed by atoms with E-state index in [1.54, 1.807) is 6.92 Å². The van der Waals surface area contributed by atoms with Gasteiger partial charge < -0.3 is 15.2 Å². The Balaban J connectivity index is 2.00. The molecule has 2 N–H and O–H groups in total. The van der Waals surface area contributed by atoms with Crippen LogP contribution in [-0.4, -0.2) is 29.6 Å². The number of carbonyl (C=O) groups excluding carboxylic acids is 2. The first-order valence-electron chi connectivity index (χ1n) is 11.5. The number of hydrogen-bond acceptors (Lipinski definition) is 5. The number of hydrogen-bond donors (Lipinski definition) is 2. The Kier molecular flexibility index (Phi) is 7.62. The van der Waals surface area contributed by atoms with Gasteiger partial charge in [-0.1, -0.05) is 57.9 Å². The Hall–Kier alpha value is -2.67. The van der Waals surface area contributed by atoms with Gasteiger partial charge in [0.25, 0.3) is 0 Å². The molecule has 7 heteroatoms. The molecule has 0 saturated heterocycles. The average Bonchev–Trinajstić information content (AvgIpc) is 3.08. The van der Waals surface area contributed by atoms with E-state index in [1.807, 2.05) is 19.1 Å². The van der Waals surface area contributed by atoms with E-state index in [0.29, 0.717) is 23.4 Å². The number of esters is 1. The van der Waals surface area contributed by atoms with Crippen molar-refractivity contribution in [1.82, 2.24) is 0 Å². The van der Waals surface area contributed by atoms with E-state index in [4.69, 9.17) is 4.74 Å². The van der Waals surface area contributed by atoms with Crippen LogP contribution in [0.2, 0.25) is 0 Å². The smallest absolute Gasteiger partial charge is 0.341 e. The zero-order chi connectivity index (χ0) is 24.3. The quantitative estimate of drug-likeness (QED) is 0.502. The van der Waals surface area contributed by atoms with Crippen molar-refractivity contribution in [2.45, 2.75) is 65.7 Å². The van der Waals surface area contributed by atoms with Crippen molar-refractivity contribution < 1.29 is 24.2 Å². The Bertz CT molecular complexity index is 1030. The van der Waals surface area contributed by atoms with Gasteiger partial charge in [0, 0.05) is 10.4 Å². The van der Waals surface area contributed by atoms with Crippen molar-refractivity contribution in [1.29, 1.82) is 0 Å². The number of amides is 1. The van der Waals surface area contributed by atoms with Gasteiger partial charge in [0.15, 0.2) is 0 Å². The summed E-state index contributed by atoms with van der Waals surface area (Å²) in [4.78, 5) is 38.6. The number of carbonyl (C=O) groups is 3. The monoisotopic (exact) mass is 471 g/mol. The fourth-order valence-electron chi connectivity index (χ4n) is 4.46. The molecule has 0 bridgehead atoms. The highest BCUT2D eigenvalue weighted by Gasteiger charge is 2.37. The first-order valence-corrected chi connectivity index (χ1v) is 12.3. The molecular weight excluding hydrogens is 438 g/mol. The zero-order valence-corrected chi connectivity index (χ0v) is 20.8. The Morgan fingerprint density at radius 2 is 1.70 bits per heavy atom. The maximum atomic E-state index is 13.1. The third-order valence-electron chi connectivity index (χ3n) is 6.26. The van der Waals surface area contributed by atoms with Crippen LogP contribution in [0.25, 0.3) is 11.1 Å². The van der Waals surface area contributed by atoms with E-state index >= 15 is 0 Å². The van der Waals surface area contributed by atoms with Crippen molar-refractivity contribution in [2.75, 3.05) is 11.9 Å². The molecular formula is C26H33NO5S. The van der Waals surface area contributed by atoms with Gasteiger partial charge in [0.1, 0.15) is 10.6 Å². The van der Waals surface area contributed by atoms with Crippen LogP contribution in [0.15, 0.2) is 24.3 Å². The minimum atomic E-state index is -0.942. The number of aliphatic carboxylic acids is 1. The fraction of sp³-hybridized carbons (Fsp3) is 0.500. The molecule has 33 heavy (non-hydrogen) atoms. The molecule has 2 atom stereocenters. The van der Waals surface area contributed by atoms with E-state index in [0.717, 1.165) is 28.8 Å². The van der Waals surface area contributed by atoms with Crippen molar-refractivity contribution >= 4 is 34.2 Å². The first-order chi connectivity index (χ1) is 15.5. The van der Waals surface area contributed by atoms with Crippen LogP contribution in [0.4, 0.5) is 5.00 Å². The third kappa shape index (κ3) is 5.46. The van der Waals surface area contributed by atoms with Crippen LogP contribution in [0.3, 0.4) is 0 Å². The SMILES string of the molecule is CCOC(=O)c1c(NC(=O)[C@@H]2CCCC[C@H]2C(=O)O)sc(C)c1-c1ccc(C(C)(C)C)cc1. The third-order valence-corrected chi connectivity index (χ3v) is 7.28. The maximum Gasteiger partial charge on any atom is 0.341 e. The van der Waals surface area contributed by atoms with Crippen LogP contribution in [-0.2, 0) is 19.7 Å². The molecule has 1 amide bonds. The van der Waals surface area contributed by atoms with E-state index in [1.165, 1.54) is 16.9 Å². The summed E-state index contributed by atoms with van der Waals surface area (Å²) in [7, 11) is 0. The summed E-state index contributed by atoms with van der Waals surface area (Å²) in [6, 6.07) is 8.09. The fourth-order valence-corrected chi connectivity index (χ4v) is 5.53. The minimum absolute atomic E-state index is 0.00596.